The van der Waals surface area contributed by atoms with E-state index in [9.17, 15) is 9.50 Å². The number of halogens is 4. The number of ether oxygens (including phenoxy) is 1. The molecule has 1 atom stereocenters. The zero-order valence-electron chi connectivity index (χ0n) is 11.3. The van der Waals surface area contributed by atoms with Gasteiger partial charge in [-0.2, -0.15) is 0 Å². The standard InChI is InChI=1S/C15H12Cl3FO2/c1-7-3-14(9(8(2)20)4-13(7)19)21-15-6-11(17)10(16)5-12(15)18/h3-6,8,20H,1-2H3/t8-/m0/s1. The van der Waals surface area contributed by atoms with Crippen molar-refractivity contribution in [3.8, 4) is 11.5 Å². The lowest BCUT2D eigenvalue weighted by Crippen LogP contribution is -1.99. The fourth-order valence-corrected chi connectivity index (χ4v) is 2.36. The van der Waals surface area contributed by atoms with E-state index in [1.165, 1.54) is 31.2 Å². The van der Waals surface area contributed by atoms with Crippen LogP contribution in [0.5, 0.6) is 11.5 Å². The lowest BCUT2D eigenvalue weighted by Gasteiger charge is -2.16. The van der Waals surface area contributed by atoms with Crippen LogP contribution in [0, 0.1) is 12.7 Å². The SMILES string of the molecule is Cc1cc(Oc2cc(Cl)c(Cl)cc2Cl)c([C@H](C)O)cc1F. The molecule has 0 aliphatic rings. The van der Waals surface area contributed by atoms with E-state index in [0.29, 0.717) is 21.9 Å². The van der Waals surface area contributed by atoms with Crippen LogP contribution in [0.15, 0.2) is 24.3 Å². The first kappa shape index (κ1) is 16.4. The molecular weight excluding hydrogens is 338 g/mol. The molecule has 1 N–H and O–H groups in total. The van der Waals surface area contributed by atoms with Gasteiger partial charge in [0.25, 0.3) is 0 Å². The van der Waals surface area contributed by atoms with Crippen molar-refractivity contribution < 1.29 is 14.2 Å². The van der Waals surface area contributed by atoms with Gasteiger partial charge in [-0.25, -0.2) is 4.39 Å². The molecule has 2 aromatic rings. The summed E-state index contributed by atoms with van der Waals surface area (Å²) in [4.78, 5) is 0. The van der Waals surface area contributed by atoms with Crippen LogP contribution < -0.4 is 4.74 Å². The first-order chi connectivity index (χ1) is 9.79. The summed E-state index contributed by atoms with van der Waals surface area (Å²) in [5.41, 5.74) is 0.714. The maximum atomic E-state index is 13.6. The van der Waals surface area contributed by atoms with Gasteiger partial charge in [0, 0.05) is 11.6 Å². The van der Waals surface area contributed by atoms with Crippen molar-refractivity contribution in [1.82, 2.24) is 0 Å². The third kappa shape index (κ3) is 3.61. The highest BCUT2D eigenvalue weighted by Crippen LogP contribution is 2.38. The number of aryl methyl sites for hydroxylation is 1. The van der Waals surface area contributed by atoms with E-state index in [4.69, 9.17) is 39.5 Å². The van der Waals surface area contributed by atoms with Crippen molar-refractivity contribution in [2.75, 3.05) is 0 Å². The molecule has 0 heterocycles. The van der Waals surface area contributed by atoms with E-state index >= 15 is 0 Å². The monoisotopic (exact) mass is 348 g/mol. The molecule has 0 radical (unpaired) electrons. The Morgan fingerprint density at radius 2 is 1.62 bits per heavy atom. The Balaban J connectivity index is 2.48. The largest absolute Gasteiger partial charge is 0.455 e. The van der Waals surface area contributed by atoms with E-state index in [1.54, 1.807) is 6.92 Å². The quantitative estimate of drug-likeness (QED) is 0.695. The van der Waals surface area contributed by atoms with E-state index in [0.717, 1.165) is 0 Å². The average molecular weight is 350 g/mol. The lowest BCUT2D eigenvalue weighted by molar-refractivity contribution is 0.195. The van der Waals surface area contributed by atoms with Gasteiger partial charge in [0.05, 0.1) is 21.2 Å². The zero-order valence-corrected chi connectivity index (χ0v) is 13.5. The molecule has 0 aliphatic carbocycles. The second kappa shape index (κ2) is 6.41. The van der Waals surface area contributed by atoms with Gasteiger partial charge >= 0.3 is 0 Å². The summed E-state index contributed by atoms with van der Waals surface area (Å²) < 4.78 is 19.3. The van der Waals surface area contributed by atoms with E-state index in [1.807, 2.05) is 0 Å². The molecule has 2 nitrogen and oxygen atoms in total. The van der Waals surface area contributed by atoms with Crippen molar-refractivity contribution in [2.45, 2.75) is 20.0 Å². The summed E-state index contributed by atoms with van der Waals surface area (Å²) >= 11 is 17.8. The van der Waals surface area contributed by atoms with Gasteiger partial charge < -0.3 is 9.84 Å². The van der Waals surface area contributed by atoms with Crippen LogP contribution in [-0.4, -0.2) is 5.11 Å². The van der Waals surface area contributed by atoms with Crippen molar-refractivity contribution in [3.05, 3.63) is 56.3 Å². The molecule has 21 heavy (non-hydrogen) atoms. The lowest BCUT2D eigenvalue weighted by atomic mass is 10.1. The van der Waals surface area contributed by atoms with Crippen LogP contribution in [0.2, 0.25) is 15.1 Å². The fraction of sp³-hybridized carbons (Fsp3) is 0.200. The minimum absolute atomic E-state index is 0.267. The van der Waals surface area contributed by atoms with Gasteiger partial charge in [-0.15, -0.1) is 0 Å². The van der Waals surface area contributed by atoms with Gasteiger partial charge in [-0.3, -0.25) is 0 Å². The van der Waals surface area contributed by atoms with Gasteiger partial charge in [0.2, 0.25) is 0 Å². The van der Waals surface area contributed by atoms with Crippen LogP contribution in [0.25, 0.3) is 0 Å². The number of rotatable bonds is 3. The molecule has 0 fully saturated rings. The van der Waals surface area contributed by atoms with Crippen LogP contribution in [-0.2, 0) is 0 Å². The molecule has 0 aliphatic heterocycles. The summed E-state index contributed by atoms with van der Waals surface area (Å²) in [6.45, 7) is 3.12. The number of aliphatic hydroxyl groups is 1. The predicted molar refractivity (Wildman–Crippen MR) is 83.3 cm³/mol. The third-order valence-electron chi connectivity index (χ3n) is 2.94. The summed E-state index contributed by atoms with van der Waals surface area (Å²) in [6, 6.07) is 5.66. The molecule has 0 aromatic heterocycles. The summed E-state index contributed by atoms with van der Waals surface area (Å²) in [5.74, 6) is 0.168. The first-order valence-corrected chi connectivity index (χ1v) is 7.23. The summed E-state index contributed by atoms with van der Waals surface area (Å²) in [6.07, 6.45) is -0.892. The van der Waals surface area contributed by atoms with Gasteiger partial charge in [0.15, 0.2) is 0 Å². The summed E-state index contributed by atoms with van der Waals surface area (Å²) in [7, 11) is 0. The molecule has 0 unspecified atom stereocenters. The van der Waals surface area contributed by atoms with Crippen LogP contribution in [0.4, 0.5) is 4.39 Å². The smallest absolute Gasteiger partial charge is 0.147 e. The highest BCUT2D eigenvalue weighted by atomic mass is 35.5. The maximum Gasteiger partial charge on any atom is 0.147 e. The maximum absolute atomic E-state index is 13.6. The number of hydrogen-bond acceptors (Lipinski definition) is 2. The zero-order chi connectivity index (χ0) is 15.7. The Labute approximate surface area is 137 Å². The highest BCUT2D eigenvalue weighted by Gasteiger charge is 2.16. The number of hydrogen-bond donors (Lipinski definition) is 1. The van der Waals surface area contributed by atoms with Crippen molar-refractivity contribution in [1.29, 1.82) is 0 Å². The molecular formula is C15H12Cl3FO2. The second-order valence-electron chi connectivity index (χ2n) is 4.61. The van der Waals surface area contributed by atoms with Crippen molar-refractivity contribution in [2.24, 2.45) is 0 Å². The molecule has 0 spiro atoms. The normalized spacial score (nSPS) is 12.3. The molecule has 0 bridgehead atoms. The minimum atomic E-state index is -0.892. The fourth-order valence-electron chi connectivity index (χ4n) is 1.79. The first-order valence-electron chi connectivity index (χ1n) is 6.10. The Morgan fingerprint density at radius 1 is 1.00 bits per heavy atom. The molecule has 2 aromatic carbocycles. The van der Waals surface area contributed by atoms with Gasteiger partial charge in [0.1, 0.15) is 17.3 Å². The van der Waals surface area contributed by atoms with E-state index in [2.05, 4.69) is 0 Å². The average Bonchev–Trinajstić information content (AvgIpc) is 2.39. The van der Waals surface area contributed by atoms with Crippen molar-refractivity contribution >= 4 is 34.8 Å². The summed E-state index contributed by atoms with van der Waals surface area (Å²) in [5, 5.41) is 10.6. The predicted octanol–water partition coefficient (Wildman–Crippen LogP) is 5.94. The van der Waals surface area contributed by atoms with Crippen molar-refractivity contribution in [3.63, 3.8) is 0 Å². The van der Waals surface area contributed by atoms with Crippen LogP contribution in [0.3, 0.4) is 0 Å². The Kier molecular flexibility index (Phi) is 4.99. The van der Waals surface area contributed by atoms with E-state index < -0.39 is 11.9 Å². The Bertz CT molecular complexity index is 687. The third-order valence-corrected chi connectivity index (χ3v) is 3.95. The minimum Gasteiger partial charge on any atom is -0.455 e. The highest BCUT2D eigenvalue weighted by molar-refractivity contribution is 6.43. The van der Waals surface area contributed by atoms with Gasteiger partial charge in [-0.05, 0) is 37.6 Å². The topological polar surface area (TPSA) is 29.5 Å². The number of benzene rings is 2. The Hall–Kier alpha value is -1.00. The molecule has 112 valence electrons. The molecule has 0 saturated carbocycles. The molecule has 0 amide bonds. The molecule has 6 heteroatoms. The number of aliphatic hydroxyl groups excluding tert-OH is 1. The van der Waals surface area contributed by atoms with E-state index in [-0.39, 0.29) is 15.8 Å². The van der Waals surface area contributed by atoms with Crippen LogP contribution in [0.1, 0.15) is 24.2 Å². The molecule has 2 rings (SSSR count). The van der Waals surface area contributed by atoms with Crippen LogP contribution >= 0.6 is 34.8 Å². The van der Waals surface area contributed by atoms with Gasteiger partial charge in [-0.1, -0.05) is 34.8 Å². The Morgan fingerprint density at radius 3 is 2.24 bits per heavy atom. The molecule has 0 saturated heterocycles. The second-order valence-corrected chi connectivity index (χ2v) is 5.84.